The lowest BCUT2D eigenvalue weighted by atomic mass is 9.99. The van der Waals surface area contributed by atoms with E-state index in [1.165, 1.54) is 16.7 Å². The second-order valence-electron chi connectivity index (χ2n) is 12.6. The molecule has 0 aliphatic carbocycles. The van der Waals surface area contributed by atoms with E-state index in [1.54, 1.807) is 0 Å². The van der Waals surface area contributed by atoms with Crippen LogP contribution < -0.4 is 0 Å². The van der Waals surface area contributed by atoms with Crippen LogP contribution in [0.3, 0.4) is 0 Å². The van der Waals surface area contributed by atoms with Gasteiger partial charge in [0.05, 0.1) is 0 Å². The van der Waals surface area contributed by atoms with Crippen LogP contribution in [0.15, 0.2) is 190 Å². The Balaban J connectivity index is 1.14. The average Bonchev–Trinajstić information content (AvgIpc) is 3.59. The van der Waals surface area contributed by atoms with Crippen molar-refractivity contribution < 1.29 is 4.42 Å². The molecule has 0 amide bonds. The van der Waals surface area contributed by atoms with Gasteiger partial charge >= 0.3 is 0 Å². The molecule has 8 aromatic rings. The normalized spacial score (nSPS) is 14.5. The Bertz CT molecular complexity index is 2520. The van der Waals surface area contributed by atoms with Crippen LogP contribution in [-0.2, 0) is 0 Å². The zero-order chi connectivity index (χ0) is 33.4. The number of hydrogen-bond acceptors (Lipinski definition) is 4. The van der Waals surface area contributed by atoms with Gasteiger partial charge < -0.3 is 9.32 Å². The quantitative estimate of drug-likeness (QED) is 0.181. The Kier molecular flexibility index (Phi) is 7.40. The number of aliphatic imine (C=N–C) groups is 2. The maximum atomic E-state index is 6.61. The molecule has 4 nitrogen and oxygen atoms in total. The molecule has 0 bridgehead atoms. The summed E-state index contributed by atoms with van der Waals surface area (Å²) in [5, 5.41) is 2.12. The van der Waals surface area contributed by atoms with Crippen molar-refractivity contribution in [2.75, 3.05) is 7.05 Å². The molecule has 0 N–H and O–H groups in total. The minimum atomic E-state index is -0.253. The van der Waals surface area contributed by atoms with Gasteiger partial charge in [-0.05, 0) is 39.4 Å². The Morgan fingerprint density at radius 1 is 0.480 bits per heavy atom. The predicted octanol–water partition coefficient (Wildman–Crippen LogP) is 11.4. The van der Waals surface area contributed by atoms with Gasteiger partial charge in [0.1, 0.15) is 23.2 Å². The van der Waals surface area contributed by atoms with Crippen molar-refractivity contribution in [2.45, 2.75) is 6.17 Å². The lowest BCUT2D eigenvalue weighted by molar-refractivity contribution is 0.383. The highest BCUT2D eigenvalue weighted by Gasteiger charge is 2.29. The highest BCUT2D eigenvalue weighted by molar-refractivity contribution is 6.22. The second-order valence-corrected chi connectivity index (χ2v) is 12.6. The number of furan rings is 1. The highest BCUT2D eigenvalue weighted by Crippen LogP contribution is 2.39. The minimum absolute atomic E-state index is 0.253. The maximum Gasteiger partial charge on any atom is 0.159 e. The van der Waals surface area contributed by atoms with E-state index in [-0.39, 0.29) is 6.17 Å². The van der Waals surface area contributed by atoms with E-state index in [1.807, 2.05) is 24.3 Å². The SMILES string of the molecule is CN1C(c2cccc3oc4c(-c5ccccc5)cccc4c23)=NC(c2ccc(-c3ccc(-c4ccccc4)cc3)cc2)=NC1c1ccccc1. The molecule has 0 spiro atoms. The first-order valence-corrected chi connectivity index (χ1v) is 16.9. The molecule has 1 aliphatic rings. The molecule has 1 aromatic heterocycles. The lowest BCUT2D eigenvalue weighted by Gasteiger charge is -2.32. The summed E-state index contributed by atoms with van der Waals surface area (Å²) in [5.74, 6) is 1.55. The Hall–Kier alpha value is -6.52. The van der Waals surface area contributed by atoms with Crippen molar-refractivity contribution in [3.05, 3.63) is 193 Å². The highest BCUT2D eigenvalue weighted by atomic mass is 16.3. The number of fused-ring (bicyclic) bond motifs is 3. The third-order valence-corrected chi connectivity index (χ3v) is 9.57. The van der Waals surface area contributed by atoms with Gasteiger partial charge in [-0.3, -0.25) is 0 Å². The maximum absolute atomic E-state index is 6.61. The van der Waals surface area contributed by atoms with Crippen molar-refractivity contribution in [1.82, 2.24) is 4.90 Å². The molecule has 0 radical (unpaired) electrons. The summed E-state index contributed by atoms with van der Waals surface area (Å²) in [5.41, 5.74) is 11.7. The van der Waals surface area contributed by atoms with Gasteiger partial charge in [0.15, 0.2) is 5.84 Å². The van der Waals surface area contributed by atoms with Crippen LogP contribution >= 0.6 is 0 Å². The summed E-state index contributed by atoms with van der Waals surface area (Å²) >= 11 is 0. The topological polar surface area (TPSA) is 41.1 Å². The van der Waals surface area contributed by atoms with Gasteiger partial charge in [0.2, 0.25) is 0 Å². The molecule has 50 heavy (non-hydrogen) atoms. The molecular formula is C46H33N3O. The van der Waals surface area contributed by atoms with E-state index in [4.69, 9.17) is 14.4 Å². The summed E-state index contributed by atoms with van der Waals surface area (Å²) in [6, 6.07) is 61.3. The van der Waals surface area contributed by atoms with Crippen LogP contribution in [0, 0.1) is 0 Å². The largest absolute Gasteiger partial charge is 0.455 e. The number of benzene rings is 7. The van der Waals surface area contributed by atoms with Gasteiger partial charge in [0, 0.05) is 34.5 Å². The van der Waals surface area contributed by atoms with E-state index in [0.29, 0.717) is 5.84 Å². The molecule has 1 atom stereocenters. The lowest BCUT2D eigenvalue weighted by Crippen LogP contribution is -2.35. The van der Waals surface area contributed by atoms with Crippen molar-refractivity contribution in [3.8, 4) is 33.4 Å². The van der Waals surface area contributed by atoms with Gasteiger partial charge in [-0.15, -0.1) is 0 Å². The summed E-state index contributed by atoms with van der Waals surface area (Å²) in [4.78, 5) is 12.7. The monoisotopic (exact) mass is 643 g/mol. The Morgan fingerprint density at radius 2 is 1.00 bits per heavy atom. The van der Waals surface area contributed by atoms with E-state index < -0.39 is 0 Å². The van der Waals surface area contributed by atoms with E-state index in [0.717, 1.165) is 61.2 Å². The van der Waals surface area contributed by atoms with Crippen LogP contribution in [0.25, 0.3) is 55.3 Å². The first-order valence-electron chi connectivity index (χ1n) is 16.9. The standard InChI is InChI=1S/C46H33N3O/c1-49-45(37-17-9-4-10-18-37)47-44(36-29-27-34(28-30-36)33-25-23-32(24-26-33)31-13-5-2-6-14-31)48-46(49)40-21-12-22-41-42(40)39-20-11-19-38(43(39)50-41)35-15-7-3-8-16-35/h2-30,45H,1H3. The first-order chi connectivity index (χ1) is 24.7. The van der Waals surface area contributed by atoms with Gasteiger partial charge in [0.25, 0.3) is 0 Å². The smallest absolute Gasteiger partial charge is 0.159 e. The van der Waals surface area contributed by atoms with Gasteiger partial charge in [-0.2, -0.15) is 0 Å². The fraction of sp³-hybridized carbons (Fsp3) is 0.0435. The Morgan fingerprint density at radius 3 is 1.64 bits per heavy atom. The summed E-state index contributed by atoms with van der Waals surface area (Å²) in [6.07, 6.45) is -0.253. The van der Waals surface area contributed by atoms with Crippen LogP contribution in [0.2, 0.25) is 0 Å². The van der Waals surface area contributed by atoms with Gasteiger partial charge in [-0.25, -0.2) is 9.98 Å². The van der Waals surface area contributed by atoms with Gasteiger partial charge in [-0.1, -0.05) is 170 Å². The molecule has 238 valence electrons. The third kappa shape index (κ3) is 5.28. The van der Waals surface area contributed by atoms with Crippen molar-refractivity contribution in [1.29, 1.82) is 0 Å². The summed E-state index contributed by atoms with van der Waals surface area (Å²) in [6.45, 7) is 0. The van der Waals surface area contributed by atoms with Crippen molar-refractivity contribution >= 4 is 33.6 Å². The van der Waals surface area contributed by atoms with E-state index >= 15 is 0 Å². The van der Waals surface area contributed by atoms with E-state index in [9.17, 15) is 0 Å². The van der Waals surface area contributed by atoms with Crippen LogP contribution in [0.1, 0.15) is 22.9 Å². The fourth-order valence-corrected chi connectivity index (χ4v) is 7.02. The van der Waals surface area contributed by atoms with Crippen molar-refractivity contribution in [2.24, 2.45) is 9.98 Å². The molecule has 9 rings (SSSR count). The molecule has 1 aliphatic heterocycles. The molecule has 0 saturated carbocycles. The van der Waals surface area contributed by atoms with Crippen LogP contribution in [0.4, 0.5) is 0 Å². The molecular weight excluding hydrogens is 611 g/mol. The average molecular weight is 644 g/mol. The first kappa shape index (κ1) is 29.6. The number of nitrogens with zero attached hydrogens (tertiary/aromatic N) is 3. The fourth-order valence-electron chi connectivity index (χ4n) is 7.02. The number of para-hydroxylation sites is 1. The summed E-state index contributed by atoms with van der Waals surface area (Å²) < 4.78 is 6.61. The third-order valence-electron chi connectivity index (χ3n) is 9.57. The number of rotatable bonds is 6. The van der Waals surface area contributed by atoms with Crippen LogP contribution in [0.5, 0.6) is 0 Å². The molecule has 2 heterocycles. The molecule has 4 heteroatoms. The summed E-state index contributed by atoms with van der Waals surface area (Å²) in [7, 11) is 2.08. The number of hydrogen-bond donors (Lipinski definition) is 0. The minimum Gasteiger partial charge on any atom is -0.455 e. The van der Waals surface area contributed by atoms with Crippen molar-refractivity contribution in [3.63, 3.8) is 0 Å². The van der Waals surface area contributed by atoms with E-state index in [2.05, 4.69) is 164 Å². The zero-order valence-electron chi connectivity index (χ0n) is 27.6. The van der Waals surface area contributed by atoms with Crippen LogP contribution in [-0.4, -0.2) is 23.6 Å². The molecule has 1 unspecified atom stereocenters. The number of amidine groups is 2. The molecule has 0 saturated heterocycles. The zero-order valence-corrected chi connectivity index (χ0v) is 27.6. The molecule has 7 aromatic carbocycles. The predicted molar refractivity (Wildman–Crippen MR) is 206 cm³/mol. The second kappa shape index (κ2) is 12.5. The molecule has 0 fully saturated rings. The Labute approximate surface area is 291 Å².